The summed E-state index contributed by atoms with van der Waals surface area (Å²) in [5, 5.41) is 8.61. The van der Waals surface area contributed by atoms with Gasteiger partial charge in [0.05, 0.1) is 7.11 Å². The number of ether oxygens (including phenoxy) is 1. The van der Waals surface area contributed by atoms with Gasteiger partial charge >= 0.3 is 11.9 Å². The molecule has 1 N–H and O–H groups in total. The molecule has 0 aromatic heterocycles. The Morgan fingerprint density at radius 3 is 2.37 bits per heavy atom. The molecule has 0 saturated carbocycles. The predicted octanol–water partition coefficient (Wildman–Crippen LogP) is 1.40. The SMILES string of the molecule is COc1cc(C)c(C)cc1CCN(C)C(=O)C(=O)O. The largest absolute Gasteiger partial charge is 0.496 e. The van der Waals surface area contributed by atoms with Crippen LogP contribution in [0.15, 0.2) is 12.1 Å². The number of nitrogens with zero attached hydrogens (tertiary/aromatic N) is 1. The highest BCUT2D eigenvalue weighted by molar-refractivity contribution is 6.31. The molecule has 5 nitrogen and oxygen atoms in total. The lowest BCUT2D eigenvalue weighted by atomic mass is 10.0. The van der Waals surface area contributed by atoms with E-state index in [4.69, 9.17) is 9.84 Å². The van der Waals surface area contributed by atoms with Crippen LogP contribution >= 0.6 is 0 Å². The van der Waals surface area contributed by atoms with Gasteiger partial charge < -0.3 is 14.7 Å². The molecular weight excluding hydrogens is 246 g/mol. The Bertz CT molecular complexity index is 496. The fraction of sp³-hybridized carbons (Fsp3) is 0.429. The van der Waals surface area contributed by atoms with Gasteiger partial charge in [-0.05, 0) is 43.0 Å². The van der Waals surface area contributed by atoms with E-state index in [1.54, 1.807) is 7.11 Å². The normalized spacial score (nSPS) is 10.1. The third-order valence-electron chi connectivity index (χ3n) is 3.14. The Morgan fingerprint density at radius 2 is 1.84 bits per heavy atom. The van der Waals surface area contributed by atoms with Gasteiger partial charge in [-0.25, -0.2) is 4.79 Å². The summed E-state index contributed by atoms with van der Waals surface area (Å²) in [7, 11) is 3.07. The standard InChI is InChI=1S/C14H19NO4/c1-9-7-11(12(19-4)8-10(9)2)5-6-15(3)13(16)14(17)18/h7-8H,5-6H2,1-4H3,(H,17,18). The van der Waals surface area contributed by atoms with Crippen molar-refractivity contribution in [2.75, 3.05) is 20.7 Å². The molecule has 1 aromatic carbocycles. The first-order valence-electron chi connectivity index (χ1n) is 5.99. The fourth-order valence-corrected chi connectivity index (χ4v) is 1.79. The molecule has 0 bridgehead atoms. The maximum atomic E-state index is 11.2. The van der Waals surface area contributed by atoms with Crippen molar-refractivity contribution in [3.63, 3.8) is 0 Å². The lowest BCUT2D eigenvalue weighted by Gasteiger charge is -2.16. The molecule has 0 atom stereocenters. The highest BCUT2D eigenvalue weighted by atomic mass is 16.5. The molecule has 0 fully saturated rings. The van der Waals surface area contributed by atoms with Crippen molar-refractivity contribution in [1.29, 1.82) is 0 Å². The Hall–Kier alpha value is -2.04. The molecule has 1 aromatic rings. The quantitative estimate of drug-likeness (QED) is 0.836. The van der Waals surface area contributed by atoms with Gasteiger partial charge in [0.15, 0.2) is 0 Å². The second-order valence-corrected chi connectivity index (χ2v) is 4.53. The maximum absolute atomic E-state index is 11.2. The number of amides is 1. The van der Waals surface area contributed by atoms with Crippen LogP contribution in [0.3, 0.4) is 0 Å². The van der Waals surface area contributed by atoms with Gasteiger partial charge in [-0.1, -0.05) is 6.07 Å². The van der Waals surface area contributed by atoms with Gasteiger partial charge in [-0.15, -0.1) is 0 Å². The molecule has 5 heteroatoms. The molecule has 1 rings (SSSR count). The van der Waals surface area contributed by atoms with E-state index in [9.17, 15) is 9.59 Å². The molecule has 0 aliphatic rings. The summed E-state index contributed by atoms with van der Waals surface area (Å²) in [6, 6.07) is 3.96. The van der Waals surface area contributed by atoms with Crippen LogP contribution in [-0.2, 0) is 16.0 Å². The Morgan fingerprint density at radius 1 is 1.26 bits per heavy atom. The van der Waals surface area contributed by atoms with E-state index in [0.717, 1.165) is 22.4 Å². The van der Waals surface area contributed by atoms with Crippen LogP contribution in [0, 0.1) is 13.8 Å². The minimum atomic E-state index is -1.44. The smallest absolute Gasteiger partial charge is 0.394 e. The number of aryl methyl sites for hydroxylation is 2. The van der Waals surface area contributed by atoms with Crippen molar-refractivity contribution >= 4 is 11.9 Å². The lowest BCUT2D eigenvalue weighted by molar-refractivity contribution is -0.155. The summed E-state index contributed by atoms with van der Waals surface area (Å²) in [6.07, 6.45) is 0.555. The minimum Gasteiger partial charge on any atom is -0.496 e. The minimum absolute atomic E-state index is 0.337. The van der Waals surface area contributed by atoms with Crippen LogP contribution < -0.4 is 4.74 Å². The average Bonchev–Trinajstić information content (AvgIpc) is 2.38. The predicted molar refractivity (Wildman–Crippen MR) is 71.4 cm³/mol. The van der Waals surface area contributed by atoms with E-state index in [1.165, 1.54) is 11.9 Å². The number of carbonyl (C=O) groups is 2. The summed E-state index contributed by atoms with van der Waals surface area (Å²) in [4.78, 5) is 23.0. The number of benzene rings is 1. The van der Waals surface area contributed by atoms with Crippen LogP contribution in [0.2, 0.25) is 0 Å². The monoisotopic (exact) mass is 265 g/mol. The van der Waals surface area contributed by atoms with Crippen molar-refractivity contribution in [2.24, 2.45) is 0 Å². The number of rotatable bonds is 4. The van der Waals surface area contributed by atoms with E-state index >= 15 is 0 Å². The Balaban J connectivity index is 2.80. The van der Waals surface area contributed by atoms with Crippen molar-refractivity contribution in [1.82, 2.24) is 4.90 Å². The van der Waals surface area contributed by atoms with Crippen LogP contribution in [0.25, 0.3) is 0 Å². The number of carboxylic acids is 1. The second kappa shape index (κ2) is 6.22. The Kier molecular flexibility index (Phi) is 4.92. The Labute approximate surface area is 112 Å². The number of aliphatic carboxylic acids is 1. The van der Waals surface area contributed by atoms with Gasteiger partial charge in [0, 0.05) is 13.6 Å². The highest BCUT2D eigenvalue weighted by Crippen LogP contribution is 2.23. The van der Waals surface area contributed by atoms with Crippen LogP contribution in [0.1, 0.15) is 16.7 Å². The van der Waals surface area contributed by atoms with Gasteiger partial charge in [-0.3, -0.25) is 4.79 Å². The van der Waals surface area contributed by atoms with Crippen LogP contribution in [0.4, 0.5) is 0 Å². The zero-order valence-corrected chi connectivity index (χ0v) is 11.7. The third kappa shape index (κ3) is 3.71. The number of hydrogen-bond acceptors (Lipinski definition) is 3. The molecule has 0 heterocycles. The van der Waals surface area contributed by atoms with E-state index in [-0.39, 0.29) is 0 Å². The highest BCUT2D eigenvalue weighted by Gasteiger charge is 2.17. The van der Waals surface area contributed by atoms with Crippen LogP contribution in [0.5, 0.6) is 5.75 Å². The van der Waals surface area contributed by atoms with E-state index in [2.05, 4.69) is 0 Å². The number of carbonyl (C=O) groups excluding carboxylic acids is 1. The first-order valence-corrected chi connectivity index (χ1v) is 5.99. The molecule has 0 unspecified atom stereocenters. The third-order valence-corrected chi connectivity index (χ3v) is 3.14. The first kappa shape index (κ1) is 15.0. The number of carboxylic acid groups (broad SMARTS) is 1. The zero-order chi connectivity index (χ0) is 14.6. The molecule has 0 saturated heterocycles. The summed E-state index contributed by atoms with van der Waals surface area (Å²) < 4.78 is 5.30. The lowest BCUT2D eigenvalue weighted by Crippen LogP contribution is -2.34. The molecular formula is C14H19NO4. The van der Waals surface area contributed by atoms with Crippen molar-refractivity contribution in [3.05, 3.63) is 28.8 Å². The molecule has 19 heavy (non-hydrogen) atoms. The number of hydrogen-bond donors (Lipinski definition) is 1. The summed E-state index contributed by atoms with van der Waals surface area (Å²) in [5.74, 6) is -1.57. The summed E-state index contributed by atoms with van der Waals surface area (Å²) in [6.45, 7) is 4.34. The topological polar surface area (TPSA) is 66.8 Å². The van der Waals surface area contributed by atoms with Gasteiger partial charge in [0.25, 0.3) is 0 Å². The number of methoxy groups -OCH3 is 1. The molecule has 0 aliphatic carbocycles. The van der Waals surface area contributed by atoms with E-state index in [0.29, 0.717) is 13.0 Å². The fourth-order valence-electron chi connectivity index (χ4n) is 1.79. The average molecular weight is 265 g/mol. The van der Waals surface area contributed by atoms with Gasteiger partial charge in [0.2, 0.25) is 0 Å². The molecule has 0 spiro atoms. The molecule has 1 amide bonds. The molecule has 0 aliphatic heterocycles. The van der Waals surface area contributed by atoms with Crippen molar-refractivity contribution in [2.45, 2.75) is 20.3 Å². The van der Waals surface area contributed by atoms with Gasteiger partial charge in [-0.2, -0.15) is 0 Å². The first-order chi connectivity index (χ1) is 8.86. The zero-order valence-electron chi connectivity index (χ0n) is 11.7. The summed E-state index contributed by atoms with van der Waals surface area (Å²) >= 11 is 0. The van der Waals surface area contributed by atoms with E-state index in [1.807, 2.05) is 26.0 Å². The van der Waals surface area contributed by atoms with Crippen molar-refractivity contribution in [3.8, 4) is 5.75 Å². The maximum Gasteiger partial charge on any atom is 0.394 e. The van der Waals surface area contributed by atoms with E-state index < -0.39 is 11.9 Å². The second-order valence-electron chi connectivity index (χ2n) is 4.53. The molecule has 104 valence electrons. The summed E-state index contributed by atoms with van der Waals surface area (Å²) in [5.41, 5.74) is 3.24. The van der Waals surface area contributed by atoms with Crippen molar-refractivity contribution < 1.29 is 19.4 Å². The number of likely N-dealkylation sites (N-methyl/N-ethyl adjacent to an activating group) is 1. The molecule has 0 radical (unpaired) electrons. The van der Waals surface area contributed by atoms with Gasteiger partial charge in [0.1, 0.15) is 5.75 Å². The van der Waals surface area contributed by atoms with Crippen LogP contribution in [-0.4, -0.2) is 42.6 Å².